The minimum Gasteiger partial charge on any atom is -0.415 e. The lowest BCUT2D eigenvalue weighted by molar-refractivity contribution is 0.0595. The fourth-order valence-electron chi connectivity index (χ4n) is 1.73. The van der Waals surface area contributed by atoms with E-state index in [0.29, 0.717) is 6.10 Å². The number of rotatable bonds is 4. The summed E-state index contributed by atoms with van der Waals surface area (Å²) in [6.45, 7) is 7.95. The maximum Gasteiger partial charge on any atom is 0.184 e. The van der Waals surface area contributed by atoms with Crippen LogP contribution in [-0.4, -0.2) is 28.0 Å². The van der Waals surface area contributed by atoms with Crippen LogP contribution in [0.4, 0.5) is 0 Å². The Morgan fingerprint density at radius 3 is 2.33 bits per heavy atom. The van der Waals surface area contributed by atoms with E-state index >= 15 is 0 Å². The lowest BCUT2D eigenvalue weighted by Gasteiger charge is -2.39. The van der Waals surface area contributed by atoms with Gasteiger partial charge in [0.25, 0.3) is 0 Å². The Balaban J connectivity index is 2.10. The molecule has 72 valence electrons. The SMILES string of the molecule is CNCC1CC(O[Si](C)(C)C)C1. The summed E-state index contributed by atoms with van der Waals surface area (Å²) >= 11 is 0. The second kappa shape index (κ2) is 3.90. The number of nitrogens with one attached hydrogen (secondary N) is 1. The van der Waals surface area contributed by atoms with Gasteiger partial charge in [-0.15, -0.1) is 0 Å². The predicted octanol–water partition coefficient (Wildman–Crippen LogP) is 1.84. The molecule has 3 heteroatoms. The van der Waals surface area contributed by atoms with Gasteiger partial charge in [-0.3, -0.25) is 0 Å². The molecule has 1 saturated carbocycles. The Bertz CT molecular complexity index is 138. The van der Waals surface area contributed by atoms with Crippen LogP contribution < -0.4 is 5.32 Å². The van der Waals surface area contributed by atoms with Crippen LogP contribution in [0.25, 0.3) is 0 Å². The normalized spacial score (nSPS) is 30.0. The molecule has 0 unspecified atom stereocenters. The van der Waals surface area contributed by atoms with Gasteiger partial charge in [-0.25, -0.2) is 0 Å². The van der Waals surface area contributed by atoms with Gasteiger partial charge in [0.1, 0.15) is 0 Å². The first kappa shape index (κ1) is 10.2. The van der Waals surface area contributed by atoms with E-state index in [-0.39, 0.29) is 0 Å². The quantitative estimate of drug-likeness (QED) is 0.678. The van der Waals surface area contributed by atoms with Crippen LogP contribution in [0.1, 0.15) is 12.8 Å². The highest BCUT2D eigenvalue weighted by atomic mass is 28.4. The van der Waals surface area contributed by atoms with Gasteiger partial charge in [0, 0.05) is 6.10 Å². The Hall–Kier alpha value is 0.137. The van der Waals surface area contributed by atoms with E-state index in [1.54, 1.807) is 0 Å². The summed E-state index contributed by atoms with van der Waals surface area (Å²) in [6.07, 6.45) is 3.12. The van der Waals surface area contributed by atoms with Gasteiger partial charge in [0.15, 0.2) is 8.32 Å². The minimum absolute atomic E-state index is 0.579. The van der Waals surface area contributed by atoms with E-state index in [1.165, 1.54) is 12.8 Å². The molecule has 12 heavy (non-hydrogen) atoms. The van der Waals surface area contributed by atoms with E-state index in [1.807, 2.05) is 7.05 Å². The molecule has 1 N–H and O–H groups in total. The molecule has 0 saturated heterocycles. The van der Waals surface area contributed by atoms with E-state index in [9.17, 15) is 0 Å². The highest BCUT2D eigenvalue weighted by Gasteiger charge is 2.32. The van der Waals surface area contributed by atoms with Crippen molar-refractivity contribution in [1.29, 1.82) is 0 Å². The average molecular weight is 187 g/mol. The van der Waals surface area contributed by atoms with Crippen LogP contribution >= 0.6 is 0 Å². The van der Waals surface area contributed by atoms with Crippen molar-refractivity contribution in [3.8, 4) is 0 Å². The molecule has 2 nitrogen and oxygen atoms in total. The topological polar surface area (TPSA) is 21.3 Å². The van der Waals surface area contributed by atoms with Gasteiger partial charge in [-0.05, 0) is 52.0 Å². The number of hydrogen-bond donors (Lipinski definition) is 1. The van der Waals surface area contributed by atoms with Crippen molar-refractivity contribution < 1.29 is 4.43 Å². The van der Waals surface area contributed by atoms with Gasteiger partial charge in [0.2, 0.25) is 0 Å². The van der Waals surface area contributed by atoms with Crippen LogP contribution in [0.5, 0.6) is 0 Å². The molecule has 0 aliphatic heterocycles. The molecule has 0 aromatic heterocycles. The summed E-state index contributed by atoms with van der Waals surface area (Å²) in [4.78, 5) is 0. The Kier molecular flexibility index (Phi) is 3.32. The predicted molar refractivity (Wildman–Crippen MR) is 54.9 cm³/mol. The molecule has 1 rings (SSSR count). The summed E-state index contributed by atoms with van der Waals surface area (Å²) in [5.74, 6) is 0.872. The minimum atomic E-state index is -1.26. The largest absolute Gasteiger partial charge is 0.415 e. The Labute approximate surface area is 76.8 Å². The molecule has 1 fully saturated rings. The molecule has 0 bridgehead atoms. The Morgan fingerprint density at radius 2 is 1.92 bits per heavy atom. The third kappa shape index (κ3) is 3.25. The van der Waals surface area contributed by atoms with Crippen LogP contribution in [0.3, 0.4) is 0 Å². The first-order chi connectivity index (χ1) is 5.51. The third-order valence-corrected chi connectivity index (χ3v) is 3.25. The van der Waals surface area contributed by atoms with Crippen molar-refractivity contribution in [2.45, 2.75) is 38.6 Å². The van der Waals surface area contributed by atoms with Crippen LogP contribution in [0.15, 0.2) is 0 Å². The van der Waals surface area contributed by atoms with E-state index in [4.69, 9.17) is 4.43 Å². The molecule has 0 radical (unpaired) electrons. The van der Waals surface area contributed by atoms with Crippen molar-refractivity contribution >= 4 is 8.32 Å². The molecule has 0 atom stereocenters. The summed E-state index contributed by atoms with van der Waals surface area (Å²) in [5, 5.41) is 3.21. The van der Waals surface area contributed by atoms with E-state index in [2.05, 4.69) is 25.0 Å². The summed E-state index contributed by atoms with van der Waals surface area (Å²) in [6, 6.07) is 0. The summed E-state index contributed by atoms with van der Waals surface area (Å²) in [7, 11) is 0.758. The van der Waals surface area contributed by atoms with Gasteiger partial charge in [-0.2, -0.15) is 0 Å². The van der Waals surface area contributed by atoms with Gasteiger partial charge >= 0.3 is 0 Å². The van der Waals surface area contributed by atoms with Gasteiger partial charge in [-0.1, -0.05) is 0 Å². The average Bonchev–Trinajstić information content (AvgIpc) is 1.80. The smallest absolute Gasteiger partial charge is 0.184 e. The molecule has 1 aliphatic rings. The first-order valence-corrected chi connectivity index (χ1v) is 8.24. The monoisotopic (exact) mass is 187 g/mol. The van der Waals surface area contributed by atoms with Gasteiger partial charge < -0.3 is 9.74 Å². The van der Waals surface area contributed by atoms with Gasteiger partial charge in [0.05, 0.1) is 0 Å². The lowest BCUT2D eigenvalue weighted by Crippen LogP contribution is -2.42. The maximum absolute atomic E-state index is 5.96. The molecule has 0 amide bonds. The second-order valence-corrected chi connectivity index (χ2v) is 9.21. The van der Waals surface area contributed by atoms with E-state index in [0.717, 1.165) is 12.5 Å². The molecular weight excluding hydrogens is 166 g/mol. The maximum atomic E-state index is 5.96. The van der Waals surface area contributed by atoms with Crippen LogP contribution in [-0.2, 0) is 4.43 Å². The zero-order valence-corrected chi connectivity index (χ0v) is 9.68. The molecule has 0 aromatic rings. The summed E-state index contributed by atoms with van der Waals surface area (Å²) in [5.41, 5.74) is 0. The highest BCUT2D eigenvalue weighted by molar-refractivity contribution is 6.69. The Morgan fingerprint density at radius 1 is 1.33 bits per heavy atom. The number of hydrogen-bond acceptors (Lipinski definition) is 2. The summed E-state index contributed by atoms with van der Waals surface area (Å²) < 4.78 is 5.96. The van der Waals surface area contributed by atoms with Crippen molar-refractivity contribution in [1.82, 2.24) is 5.32 Å². The molecule has 0 aromatic carbocycles. The van der Waals surface area contributed by atoms with Crippen molar-refractivity contribution in [3.05, 3.63) is 0 Å². The molecule has 0 heterocycles. The lowest BCUT2D eigenvalue weighted by atomic mass is 9.82. The third-order valence-electron chi connectivity index (χ3n) is 2.21. The highest BCUT2D eigenvalue weighted by Crippen LogP contribution is 2.31. The van der Waals surface area contributed by atoms with Crippen molar-refractivity contribution in [3.63, 3.8) is 0 Å². The van der Waals surface area contributed by atoms with Crippen molar-refractivity contribution in [2.24, 2.45) is 5.92 Å². The first-order valence-electron chi connectivity index (χ1n) is 4.83. The van der Waals surface area contributed by atoms with Crippen LogP contribution in [0, 0.1) is 5.92 Å². The fraction of sp³-hybridized carbons (Fsp3) is 1.00. The second-order valence-electron chi connectivity index (χ2n) is 4.75. The molecule has 0 spiro atoms. The zero-order chi connectivity index (χ0) is 9.19. The zero-order valence-electron chi connectivity index (χ0n) is 8.68. The fourth-order valence-corrected chi connectivity index (χ4v) is 2.92. The standard InChI is InChI=1S/C9H21NOSi/c1-10-7-8-5-9(6-8)11-12(2,3)4/h8-10H,5-7H2,1-4H3. The molecule has 1 aliphatic carbocycles. The molecular formula is C9H21NOSi. The van der Waals surface area contributed by atoms with Crippen molar-refractivity contribution in [2.75, 3.05) is 13.6 Å². The van der Waals surface area contributed by atoms with Crippen LogP contribution in [0.2, 0.25) is 19.6 Å². The van der Waals surface area contributed by atoms with E-state index < -0.39 is 8.32 Å².